The zero-order valence-corrected chi connectivity index (χ0v) is 4.97. The second-order valence-electron chi connectivity index (χ2n) is 2.04. The van der Waals surface area contributed by atoms with Gasteiger partial charge < -0.3 is 10.1 Å². The van der Waals surface area contributed by atoms with Gasteiger partial charge in [-0.25, -0.2) is 4.79 Å². The van der Waals surface area contributed by atoms with Crippen LogP contribution in [0, 0.1) is 0 Å². The van der Waals surface area contributed by atoms with Crippen LogP contribution in [-0.4, -0.2) is 18.2 Å². The molecule has 0 aliphatic carbocycles. The van der Waals surface area contributed by atoms with Gasteiger partial charge in [-0.2, -0.15) is 0 Å². The maximum atomic E-state index is 10.3. The smallest absolute Gasteiger partial charge is 0.407 e. The predicted molar refractivity (Wildman–Crippen MR) is 28.5 cm³/mol. The fourth-order valence-electron chi connectivity index (χ4n) is 0.608. The minimum atomic E-state index is -0.301. The number of hydrogen-bond acceptors (Lipinski definition) is 2. The minimum Gasteiger partial charge on any atom is -0.444 e. The van der Waals surface area contributed by atoms with Gasteiger partial charge >= 0.3 is 6.09 Å². The van der Waals surface area contributed by atoms with Crippen LogP contribution in [-0.2, 0) is 4.74 Å². The summed E-state index contributed by atoms with van der Waals surface area (Å²) in [6, 6.07) is 0.169. The number of cyclic esters (lactones) is 1. The molecule has 8 heavy (non-hydrogen) atoms. The third kappa shape index (κ3) is 0.757. The van der Waals surface area contributed by atoms with Crippen molar-refractivity contribution in [2.75, 3.05) is 0 Å². The third-order valence-corrected chi connectivity index (χ3v) is 1.34. The lowest BCUT2D eigenvalue weighted by atomic mass is 10.2. The van der Waals surface area contributed by atoms with Crippen LogP contribution in [0.5, 0.6) is 0 Å². The maximum absolute atomic E-state index is 10.3. The summed E-state index contributed by atoms with van der Waals surface area (Å²) >= 11 is 0. The molecule has 1 aliphatic rings. The van der Waals surface area contributed by atoms with Gasteiger partial charge in [0, 0.05) is 0 Å². The van der Waals surface area contributed by atoms with Gasteiger partial charge in [-0.3, -0.25) is 0 Å². The highest BCUT2D eigenvalue weighted by atomic mass is 16.6. The summed E-state index contributed by atoms with van der Waals surface area (Å²) in [5, 5.41) is 2.61. The SMILES string of the molecule is C[C@@H]1NC(=O)O[C@@H]1C. The van der Waals surface area contributed by atoms with Crippen molar-refractivity contribution in [3.8, 4) is 0 Å². The zero-order valence-electron chi connectivity index (χ0n) is 4.97. The molecule has 0 aromatic carbocycles. The topological polar surface area (TPSA) is 38.3 Å². The van der Waals surface area contributed by atoms with E-state index in [0.29, 0.717) is 0 Å². The largest absolute Gasteiger partial charge is 0.444 e. The molecule has 0 radical (unpaired) electrons. The van der Waals surface area contributed by atoms with Gasteiger partial charge in [-0.05, 0) is 13.8 Å². The van der Waals surface area contributed by atoms with Crippen molar-refractivity contribution in [2.45, 2.75) is 26.0 Å². The van der Waals surface area contributed by atoms with Gasteiger partial charge in [-0.15, -0.1) is 0 Å². The number of ether oxygens (including phenoxy) is 1. The van der Waals surface area contributed by atoms with E-state index in [1.54, 1.807) is 0 Å². The molecule has 0 saturated carbocycles. The van der Waals surface area contributed by atoms with E-state index >= 15 is 0 Å². The van der Waals surface area contributed by atoms with Gasteiger partial charge in [0.1, 0.15) is 6.10 Å². The van der Waals surface area contributed by atoms with Crippen LogP contribution in [0.15, 0.2) is 0 Å². The lowest BCUT2D eigenvalue weighted by molar-refractivity contribution is 0.142. The fraction of sp³-hybridized carbons (Fsp3) is 0.800. The molecule has 46 valence electrons. The number of nitrogens with one attached hydrogen (secondary N) is 1. The Morgan fingerprint density at radius 3 is 2.38 bits per heavy atom. The second-order valence-corrected chi connectivity index (χ2v) is 2.04. The highest BCUT2D eigenvalue weighted by Gasteiger charge is 2.25. The first-order chi connectivity index (χ1) is 3.70. The molecule has 1 N–H and O–H groups in total. The Hall–Kier alpha value is -0.730. The molecule has 0 aromatic rings. The first kappa shape index (κ1) is 5.41. The molecule has 0 bridgehead atoms. The summed E-state index contributed by atoms with van der Waals surface area (Å²) in [6.45, 7) is 3.78. The van der Waals surface area contributed by atoms with Crippen LogP contribution >= 0.6 is 0 Å². The number of hydrogen-bond donors (Lipinski definition) is 1. The maximum Gasteiger partial charge on any atom is 0.407 e. The monoisotopic (exact) mass is 115 g/mol. The number of amides is 1. The highest BCUT2D eigenvalue weighted by molar-refractivity contribution is 5.69. The lowest BCUT2D eigenvalue weighted by Crippen LogP contribution is -2.25. The Bertz CT molecular complexity index is 101. The summed E-state index contributed by atoms with van der Waals surface area (Å²) in [7, 11) is 0. The molecule has 1 aliphatic heterocycles. The van der Waals surface area contributed by atoms with E-state index < -0.39 is 0 Å². The van der Waals surface area contributed by atoms with E-state index in [1.807, 2.05) is 13.8 Å². The first-order valence-electron chi connectivity index (χ1n) is 2.67. The number of rotatable bonds is 0. The van der Waals surface area contributed by atoms with Gasteiger partial charge in [0.15, 0.2) is 0 Å². The number of alkyl carbamates (subject to hydrolysis) is 1. The lowest BCUT2D eigenvalue weighted by Gasteiger charge is -2.02. The fourth-order valence-corrected chi connectivity index (χ4v) is 0.608. The summed E-state index contributed by atoms with van der Waals surface area (Å²) in [4.78, 5) is 10.3. The van der Waals surface area contributed by atoms with Crippen molar-refractivity contribution in [1.82, 2.24) is 5.32 Å². The van der Waals surface area contributed by atoms with E-state index in [1.165, 1.54) is 0 Å². The Morgan fingerprint density at radius 1 is 1.62 bits per heavy atom. The van der Waals surface area contributed by atoms with Crippen molar-refractivity contribution in [3.05, 3.63) is 0 Å². The Labute approximate surface area is 48.0 Å². The second kappa shape index (κ2) is 1.65. The molecule has 2 atom stereocenters. The molecule has 1 saturated heterocycles. The predicted octanol–water partition coefficient (Wildman–Crippen LogP) is 0.503. The Morgan fingerprint density at radius 2 is 2.25 bits per heavy atom. The van der Waals surface area contributed by atoms with Crippen LogP contribution in [0.3, 0.4) is 0 Å². The molecule has 1 rings (SSSR count). The quantitative estimate of drug-likeness (QED) is 0.499. The molecule has 1 fully saturated rings. The molecular formula is C5H9NO2. The van der Waals surface area contributed by atoms with Crippen LogP contribution in [0.4, 0.5) is 4.79 Å². The van der Waals surface area contributed by atoms with Crippen LogP contribution in [0.2, 0.25) is 0 Å². The normalized spacial score (nSPS) is 36.5. The minimum absolute atomic E-state index is 0.0301. The third-order valence-electron chi connectivity index (χ3n) is 1.34. The van der Waals surface area contributed by atoms with Crippen LogP contribution in [0.25, 0.3) is 0 Å². The Kier molecular flexibility index (Phi) is 1.12. The molecule has 0 unspecified atom stereocenters. The van der Waals surface area contributed by atoms with Crippen LogP contribution < -0.4 is 5.32 Å². The van der Waals surface area contributed by atoms with Crippen molar-refractivity contribution in [2.24, 2.45) is 0 Å². The number of carbonyl (C=O) groups is 1. The van der Waals surface area contributed by atoms with Gasteiger partial charge in [0.05, 0.1) is 6.04 Å². The van der Waals surface area contributed by atoms with Gasteiger partial charge in [0.2, 0.25) is 0 Å². The molecule has 1 amide bonds. The van der Waals surface area contributed by atoms with E-state index in [-0.39, 0.29) is 18.2 Å². The first-order valence-corrected chi connectivity index (χ1v) is 2.67. The molecule has 3 nitrogen and oxygen atoms in total. The number of carbonyl (C=O) groups excluding carboxylic acids is 1. The van der Waals surface area contributed by atoms with E-state index in [4.69, 9.17) is 4.74 Å². The molecule has 0 aromatic heterocycles. The standard InChI is InChI=1S/C5H9NO2/c1-3-4(2)8-5(7)6-3/h3-4H,1-2H3,(H,6,7)/t3-,4+/m0/s1. The zero-order chi connectivity index (χ0) is 6.15. The van der Waals surface area contributed by atoms with Crippen molar-refractivity contribution in [1.29, 1.82) is 0 Å². The van der Waals surface area contributed by atoms with E-state index in [2.05, 4.69) is 5.32 Å². The van der Waals surface area contributed by atoms with E-state index in [0.717, 1.165) is 0 Å². The molecule has 0 spiro atoms. The van der Waals surface area contributed by atoms with Crippen molar-refractivity contribution >= 4 is 6.09 Å². The van der Waals surface area contributed by atoms with E-state index in [9.17, 15) is 4.79 Å². The van der Waals surface area contributed by atoms with Crippen molar-refractivity contribution < 1.29 is 9.53 Å². The summed E-state index contributed by atoms with van der Waals surface area (Å²) in [5.41, 5.74) is 0. The highest BCUT2D eigenvalue weighted by Crippen LogP contribution is 2.05. The van der Waals surface area contributed by atoms with Crippen LogP contribution in [0.1, 0.15) is 13.8 Å². The average Bonchev–Trinajstić information content (AvgIpc) is 1.85. The van der Waals surface area contributed by atoms with Crippen molar-refractivity contribution in [3.63, 3.8) is 0 Å². The molecular weight excluding hydrogens is 106 g/mol. The average molecular weight is 115 g/mol. The summed E-state index contributed by atoms with van der Waals surface area (Å²) in [5.74, 6) is 0. The molecule has 3 heteroatoms. The summed E-state index contributed by atoms with van der Waals surface area (Å²) < 4.78 is 4.72. The Balaban J connectivity index is 2.51. The van der Waals surface area contributed by atoms with Gasteiger partial charge in [-0.1, -0.05) is 0 Å². The molecule has 1 heterocycles. The summed E-state index contributed by atoms with van der Waals surface area (Å²) in [6.07, 6.45) is -0.271. The van der Waals surface area contributed by atoms with Gasteiger partial charge in [0.25, 0.3) is 0 Å².